The lowest BCUT2D eigenvalue weighted by Gasteiger charge is -2.17. The van der Waals surface area contributed by atoms with E-state index < -0.39 is 0 Å². The summed E-state index contributed by atoms with van der Waals surface area (Å²) in [6.07, 6.45) is 2.22. The van der Waals surface area contributed by atoms with E-state index in [1.165, 1.54) is 76.8 Å². The van der Waals surface area contributed by atoms with Gasteiger partial charge in [0.15, 0.2) is 6.20 Å². The molecule has 0 aliphatic heterocycles. The molecule has 3 aromatic carbocycles. The maximum absolute atomic E-state index is 2.57. The average molecular weight is 378 g/mol. The number of rotatable bonds is 0. The molecule has 3 aromatic heterocycles. The largest absolute Gasteiger partial charge is 0.307 e. The Bertz CT molecular complexity index is 1650. The molecule has 0 atom stereocenters. The molecule has 2 heteroatoms. The smallest absolute Gasteiger partial charge is 0.224 e. The molecule has 0 bridgehead atoms. The number of fused-ring (bicyclic) bond motifs is 6. The maximum atomic E-state index is 2.57. The first-order chi connectivity index (χ1) is 13.9. The average Bonchev–Trinajstić information content (AvgIpc) is 3.04. The van der Waals surface area contributed by atoms with Crippen molar-refractivity contribution in [2.24, 2.45) is 7.05 Å². The SMILES string of the molecule is Cc1cc(C)c2c(c1C)c1c3c(cc[n+]1C)cc(C)c1c4cccc(C)c4n2c13. The first kappa shape index (κ1) is 16.8. The number of hydrogen-bond donors (Lipinski definition) is 0. The summed E-state index contributed by atoms with van der Waals surface area (Å²) in [4.78, 5) is 0. The lowest BCUT2D eigenvalue weighted by molar-refractivity contribution is -0.643. The Hall–Kier alpha value is -3.13. The molecule has 6 rings (SSSR count). The first-order valence-corrected chi connectivity index (χ1v) is 10.4. The first-order valence-electron chi connectivity index (χ1n) is 10.4. The van der Waals surface area contributed by atoms with Crippen LogP contribution in [0.2, 0.25) is 0 Å². The highest BCUT2D eigenvalue weighted by atomic mass is 15.0. The van der Waals surface area contributed by atoms with Gasteiger partial charge in [0.2, 0.25) is 5.52 Å². The van der Waals surface area contributed by atoms with Gasteiger partial charge in [0, 0.05) is 16.8 Å². The normalized spacial score (nSPS) is 12.5. The van der Waals surface area contributed by atoms with Gasteiger partial charge >= 0.3 is 0 Å². The molecular weight excluding hydrogens is 352 g/mol. The molecule has 0 fully saturated rings. The molecule has 142 valence electrons. The minimum Gasteiger partial charge on any atom is -0.307 e. The number of aryl methyl sites for hydroxylation is 6. The van der Waals surface area contributed by atoms with Gasteiger partial charge in [-0.05, 0) is 67.8 Å². The third-order valence-electron chi connectivity index (χ3n) is 7.02. The molecule has 2 nitrogen and oxygen atoms in total. The summed E-state index contributed by atoms with van der Waals surface area (Å²) in [5.74, 6) is 0. The Morgan fingerprint density at radius 2 is 1.48 bits per heavy atom. The molecule has 0 aliphatic rings. The van der Waals surface area contributed by atoms with E-state index in [9.17, 15) is 0 Å². The molecule has 6 aromatic rings. The van der Waals surface area contributed by atoms with Crippen LogP contribution in [0, 0.1) is 34.6 Å². The molecule has 3 heterocycles. The Labute approximate surface area is 170 Å². The maximum Gasteiger partial charge on any atom is 0.224 e. The summed E-state index contributed by atoms with van der Waals surface area (Å²) < 4.78 is 4.88. The minimum atomic E-state index is 1.33. The van der Waals surface area contributed by atoms with Crippen molar-refractivity contribution in [2.45, 2.75) is 34.6 Å². The van der Waals surface area contributed by atoms with Gasteiger partial charge in [0.1, 0.15) is 7.05 Å². The Balaban J connectivity index is 2.20. The van der Waals surface area contributed by atoms with Crippen molar-refractivity contribution in [1.82, 2.24) is 4.40 Å². The third-order valence-corrected chi connectivity index (χ3v) is 7.02. The lowest BCUT2D eigenvalue weighted by atomic mass is 9.94. The monoisotopic (exact) mass is 377 g/mol. The van der Waals surface area contributed by atoms with Crippen molar-refractivity contribution in [1.29, 1.82) is 0 Å². The number of nitrogens with zero attached hydrogens (tertiary/aromatic N) is 2. The van der Waals surface area contributed by atoms with Crippen molar-refractivity contribution >= 4 is 49.0 Å². The van der Waals surface area contributed by atoms with Crippen molar-refractivity contribution in [3.63, 3.8) is 0 Å². The van der Waals surface area contributed by atoms with Crippen LogP contribution in [-0.2, 0) is 7.05 Å². The van der Waals surface area contributed by atoms with Crippen LogP contribution in [0.15, 0.2) is 42.6 Å². The van der Waals surface area contributed by atoms with Gasteiger partial charge in [0.25, 0.3) is 0 Å². The van der Waals surface area contributed by atoms with Crippen LogP contribution >= 0.6 is 0 Å². The number of benzene rings is 3. The summed E-state index contributed by atoms with van der Waals surface area (Å²) in [6, 6.07) is 13.7. The molecule has 0 spiro atoms. The van der Waals surface area contributed by atoms with E-state index in [0.717, 1.165) is 0 Å². The highest BCUT2D eigenvalue weighted by Crippen LogP contribution is 2.44. The van der Waals surface area contributed by atoms with Crippen molar-refractivity contribution in [2.75, 3.05) is 0 Å². The van der Waals surface area contributed by atoms with Crippen LogP contribution in [0.1, 0.15) is 27.8 Å². The fraction of sp³-hybridized carbons (Fsp3) is 0.222. The second-order valence-electron chi connectivity index (χ2n) is 8.82. The topological polar surface area (TPSA) is 8.29 Å². The molecule has 0 saturated carbocycles. The van der Waals surface area contributed by atoms with Gasteiger partial charge in [-0.25, -0.2) is 4.57 Å². The van der Waals surface area contributed by atoms with E-state index in [0.29, 0.717) is 0 Å². The minimum absolute atomic E-state index is 1.33. The van der Waals surface area contributed by atoms with E-state index in [2.05, 4.69) is 93.2 Å². The number of aromatic nitrogens is 2. The number of hydrogen-bond acceptors (Lipinski definition) is 0. The van der Waals surface area contributed by atoms with Crippen LogP contribution in [0.5, 0.6) is 0 Å². The van der Waals surface area contributed by atoms with Crippen molar-refractivity contribution in [3.05, 3.63) is 70.4 Å². The van der Waals surface area contributed by atoms with Gasteiger partial charge in [-0.1, -0.05) is 30.3 Å². The summed E-state index contributed by atoms with van der Waals surface area (Å²) in [5.41, 5.74) is 12.2. The zero-order valence-electron chi connectivity index (χ0n) is 17.9. The van der Waals surface area contributed by atoms with Crippen LogP contribution in [0.3, 0.4) is 0 Å². The van der Waals surface area contributed by atoms with Gasteiger partial charge < -0.3 is 4.40 Å². The van der Waals surface area contributed by atoms with Gasteiger partial charge in [-0.15, -0.1) is 0 Å². The summed E-state index contributed by atoms with van der Waals surface area (Å²) in [5, 5.41) is 6.85. The van der Waals surface area contributed by atoms with Crippen LogP contribution < -0.4 is 4.57 Å². The fourth-order valence-corrected chi connectivity index (χ4v) is 5.66. The predicted octanol–water partition coefficient (Wildman–Crippen LogP) is 6.36. The molecule has 0 amide bonds. The van der Waals surface area contributed by atoms with E-state index in [1.807, 2.05) is 0 Å². The summed E-state index contributed by atoms with van der Waals surface area (Å²) in [7, 11) is 2.19. The van der Waals surface area contributed by atoms with Crippen LogP contribution in [-0.4, -0.2) is 4.40 Å². The van der Waals surface area contributed by atoms with Crippen molar-refractivity contribution in [3.8, 4) is 0 Å². The van der Waals surface area contributed by atoms with Crippen molar-refractivity contribution < 1.29 is 4.57 Å². The van der Waals surface area contributed by atoms with E-state index in [4.69, 9.17) is 0 Å². The number of pyridine rings is 2. The van der Waals surface area contributed by atoms with Gasteiger partial charge in [0.05, 0.1) is 27.3 Å². The standard InChI is InChI=1S/C27H25N2/c1-14-8-7-9-20-21-16(3)13-19-10-11-28(6)26-22-18(5)15(2)12-17(4)25(22)29(24(14)20)27(21)23(19)26/h7-13H,1-6H3/q+1. The molecule has 0 aliphatic carbocycles. The molecule has 0 saturated heterocycles. The molecule has 0 radical (unpaired) electrons. The molecule has 29 heavy (non-hydrogen) atoms. The molecule has 0 unspecified atom stereocenters. The van der Waals surface area contributed by atoms with Crippen LogP contribution in [0.25, 0.3) is 49.0 Å². The van der Waals surface area contributed by atoms with Gasteiger partial charge in [-0.3, -0.25) is 0 Å². The second kappa shape index (κ2) is 5.27. The summed E-state index contributed by atoms with van der Waals surface area (Å²) in [6.45, 7) is 11.3. The van der Waals surface area contributed by atoms with E-state index in [1.54, 1.807) is 0 Å². The quantitative estimate of drug-likeness (QED) is 0.165. The second-order valence-corrected chi connectivity index (χ2v) is 8.82. The third kappa shape index (κ3) is 1.85. The fourth-order valence-electron chi connectivity index (χ4n) is 5.66. The molecular formula is C27H25N2+. The summed E-state index contributed by atoms with van der Waals surface area (Å²) >= 11 is 0. The van der Waals surface area contributed by atoms with Crippen LogP contribution in [0.4, 0.5) is 0 Å². The van der Waals surface area contributed by atoms with E-state index >= 15 is 0 Å². The highest BCUT2D eigenvalue weighted by Gasteiger charge is 2.26. The van der Waals surface area contributed by atoms with Gasteiger partial charge in [-0.2, -0.15) is 0 Å². The molecule has 0 N–H and O–H groups in total. The zero-order chi connectivity index (χ0) is 20.2. The highest BCUT2D eigenvalue weighted by molar-refractivity contribution is 6.28. The zero-order valence-corrected chi connectivity index (χ0v) is 17.9. The number of para-hydroxylation sites is 1. The Morgan fingerprint density at radius 1 is 0.690 bits per heavy atom. The lowest BCUT2D eigenvalue weighted by Crippen LogP contribution is -2.29. The Kier molecular flexibility index (Phi) is 3.05. The van der Waals surface area contributed by atoms with E-state index in [-0.39, 0.29) is 0 Å². The Morgan fingerprint density at radius 3 is 2.28 bits per heavy atom. The predicted molar refractivity (Wildman–Crippen MR) is 123 cm³/mol.